The van der Waals surface area contributed by atoms with Crippen molar-refractivity contribution >= 4 is 64.2 Å². The predicted molar refractivity (Wildman–Crippen MR) is 243 cm³/mol. The Morgan fingerprint density at radius 3 is 2.41 bits per heavy atom. The van der Waals surface area contributed by atoms with Gasteiger partial charge in [0.25, 0.3) is 0 Å². The second kappa shape index (κ2) is 22.4. The van der Waals surface area contributed by atoms with Gasteiger partial charge in [0, 0.05) is 51.9 Å². The summed E-state index contributed by atoms with van der Waals surface area (Å²) in [7, 11) is 3.56. The summed E-state index contributed by atoms with van der Waals surface area (Å²) in [6.45, 7) is 15.0. The highest BCUT2D eigenvalue weighted by atomic mass is 32.1. The number of methoxy groups -OCH3 is 1. The van der Waals surface area contributed by atoms with Gasteiger partial charge in [-0.1, -0.05) is 89.6 Å². The van der Waals surface area contributed by atoms with Crippen molar-refractivity contribution in [1.29, 1.82) is 0 Å². The second-order valence-electron chi connectivity index (χ2n) is 15.5. The third-order valence-electron chi connectivity index (χ3n) is 9.99. The molecule has 1 aliphatic carbocycles. The molecule has 314 valence electrons. The summed E-state index contributed by atoms with van der Waals surface area (Å²) in [6, 6.07) is 15.1. The van der Waals surface area contributed by atoms with Crippen LogP contribution in [0.5, 0.6) is 5.75 Å². The van der Waals surface area contributed by atoms with Crippen molar-refractivity contribution in [3.63, 3.8) is 0 Å². The van der Waals surface area contributed by atoms with Crippen molar-refractivity contribution in [2.24, 2.45) is 11.7 Å². The summed E-state index contributed by atoms with van der Waals surface area (Å²) in [4.78, 5) is 55.7. The zero-order chi connectivity index (χ0) is 43.0. The first-order valence-electron chi connectivity index (χ1n) is 19.8. The largest absolute Gasteiger partial charge is 0.496 e. The van der Waals surface area contributed by atoms with Crippen molar-refractivity contribution in [3.05, 3.63) is 94.1 Å². The highest BCUT2D eigenvalue weighted by molar-refractivity contribution is 7.80. The number of benzene rings is 2. The lowest BCUT2D eigenvalue weighted by atomic mass is 9.86. The molecule has 2 aromatic carbocycles. The molecule has 2 aliphatic rings. The van der Waals surface area contributed by atoms with Gasteiger partial charge in [0.05, 0.1) is 24.4 Å². The number of amides is 2. The third kappa shape index (κ3) is 13.4. The molecule has 0 unspecified atom stereocenters. The SMILES string of the molecule is C=C[C@@H]1C[C@]1(NC(=O)[C@@H]1CCCN1C)C(N)=O.CC(C)S.CCCCC=O.COc1cc2[nH]c(-c3ccccc3)cc(=O)c2cc1/C=C/CC(C)(C)c1csc(N)n1. The number of anilines is 1. The van der Waals surface area contributed by atoms with Gasteiger partial charge in [-0.3, -0.25) is 19.3 Å². The van der Waals surface area contributed by atoms with Gasteiger partial charge in [-0.05, 0) is 62.6 Å². The number of hydrogen-bond acceptors (Lipinski definition) is 10. The monoisotopic (exact) mass is 830 g/mol. The van der Waals surface area contributed by atoms with Crippen molar-refractivity contribution < 1.29 is 19.1 Å². The lowest BCUT2D eigenvalue weighted by molar-refractivity contribution is -0.131. The summed E-state index contributed by atoms with van der Waals surface area (Å²) in [5, 5.41) is 6.56. The molecule has 6 N–H and O–H groups in total. The van der Waals surface area contributed by atoms with E-state index in [2.05, 4.69) is 61.3 Å². The average molecular weight is 831 g/mol. The fraction of sp³-hybridized carbons (Fsp3) is 0.444. The first kappa shape index (κ1) is 47.7. The maximum absolute atomic E-state index is 12.8. The van der Waals surface area contributed by atoms with Crippen LogP contribution in [0.1, 0.15) is 90.8 Å². The average Bonchev–Trinajstić information content (AvgIpc) is 3.44. The number of aldehydes is 1. The Bertz CT molecular complexity index is 2060. The molecule has 2 aromatic heterocycles. The number of nitrogens with two attached hydrogens (primary N) is 2. The molecule has 3 heterocycles. The van der Waals surface area contributed by atoms with Crippen molar-refractivity contribution in [1.82, 2.24) is 20.2 Å². The van der Waals surface area contributed by atoms with Gasteiger partial charge < -0.3 is 31.3 Å². The van der Waals surface area contributed by atoms with E-state index in [9.17, 15) is 19.2 Å². The standard InChI is InChI=1S/C25H25N3O2S.C12H19N3O2.C5H10O.C3H8S/c1-25(2,23-15-31-24(26)28-23)11-7-10-17-12-18-20(14-22(17)30-3)27-19(13-21(18)29)16-8-5-4-6-9-16;1-3-8-7-12(8,11(13)17)14-10(16)9-5-4-6-15(9)2;1-2-3-4-5-6;1-3(2)4/h4-10,12-15H,11H2,1-3H3,(H2,26,28)(H,27,29);3,8-9H,1,4-7H2,2H3,(H2,13,17)(H,14,16);5H,2-4H2,1H3;3-4H,1-2H3/b10-7+;;;/t;8-,9+,12-;;/m.1../s1. The molecule has 4 aromatic rings. The minimum absolute atomic E-state index is 0.0179. The number of primary amides is 1. The van der Waals surface area contributed by atoms with Crippen molar-refractivity contribution in [2.45, 2.75) is 102 Å². The number of allylic oxidation sites excluding steroid dienone is 1. The number of hydrogen-bond donors (Lipinski definition) is 5. The lowest BCUT2D eigenvalue weighted by Gasteiger charge is -2.22. The quantitative estimate of drug-likeness (QED) is 0.0391. The Hall–Kier alpha value is -4.72. The number of H-pyrrole nitrogens is 1. The third-order valence-corrected chi connectivity index (χ3v) is 10.7. The number of ether oxygens (including phenoxy) is 1. The van der Waals surface area contributed by atoms with Crippen LogP contribution < -0.4 is 26.9 Å². The highest BCUT2D eigenvalue weighted by Gasteiger charge is 2.59. The molecule has 3 atom stereocenters. The number of fused-ring (bicyclic) bond motifs is 1. The minimum atomic E-state index is -0.873. The first-order chi connectivity index (χ1) is 27.5. The molecule has 2 fully saturated rings. The Morgan fingerprint density at radius 2 is 1.91 bits per heavy atom. The number of nitrogens with zero attached hydrogens (tertiary/aromatic N) is 2. The van der Waals surface area contributed by atoms with Crippen LogP contribution in [0.4, 0.5) is 5.13 Å². The van der Waals surface area contributed by atoms with Crippen molar-refractivity contribution in [2.75, 3.05) is 26.4 Å². The van der Waals surface area contributed by atoms with Crippen LogP contribution >= 0.6 is 24.0 Å². The normalized spacial score (nSPS) is 18.6. The molecule has 2 amide bonds. The van der Waals surface area contributed by atoms with Crippen molar-refractivity contribution in [3.8, 4) is 17.0 Å². The first-order valence-corrected chi connectivity index (χ1v) is 21.2. The van der Waals surface area contributed by atoms with Gasteiger partial charge in [-0.2, -0.15) is 12.6 Å². The van der Waals surface area contributed by atoms with E-state index < -0.39 is 11.4 Å². The number of thiol groups is 1. The second-order valence-corrected chi connectivity index (χ2v) is 17.4. The number of carbonyl (C=O) groups is 3. The van der Waals surface area contributed by atoms with Gasteiger partial charge in [0.15, 0.2) is 10.6 Å². The van der Waals surface area contributed by atoms with E-state index in [0.29, 0.717) is 27.9 Å². The van der Waals surface area contributed by atoms with Crippen LogP contribution in [0.15, 0.2) is 77.4 Å². The minimum Gasteiger partial charge on any atom is -0.496 e. The number of carbonyl (C=O) groups excluding carboxylic acids is 3. The molecule has 0 radical (unpaired) electrons. The Labute approximate surface area is 353 Å². The number of thiazole rings is 1. The smallest absolute Gasteiger partial charge is 0.243 e. The highest BCUT2D eigenvalue weighted by Crippen LogP contribution is 2.44. The Kier molecular flexibility index (Phi) is 18.4. The van der Waals surface area contributed by atoms with E-state index in [1.165, 1.54) is 11.3 Å². The van der Waals surface area contributed by atoms with Gasteiger partial charge in [-0.15, -0.1) is 17.9 Å². The zero-order valence-electron chi connectivity index (χ0n) is 35.0. The number of nitrogen functional groups attached to an aromatic ring is 1. The summed E-state index contributed by atoms with van der Waals surface area (Å²) in [6.07, 6.45) is 12.9. The molecule has 0 bridgehead atoms. The molecule has 1 saturated heterocycles. The van der Waals surface area contributed by atoms with E-state index in [1.807, 2.05) is 79.7 Å². The van der Waals surface area contributed by atoms with Crippen LogP contribution in [-0.4, -0.2) is 70.5 Å². The van der Waals surface area contributed by atoms with Gasteiger partial charge in [-0.25, -0.2) is 4.98 Å². The number of unbranched alkanes of at least 4 members (excludes halogenated alkanes) is 2. The Morgan fingerprint density at radius 1 is 1.22 bits per heavy atom. The van der Waals surface area contributed by atoms with Gasteiger partial charge in [0.1, 0.15) is 17.6 Å². The number of nitrogens with one attached hydrogen (secondary N) is 2. The molecule has 58 heavy (non-hydrogen) atoms. The molecule has 1 aliphatic heterocycles. The maximum Gasteiger partial charge on any atom is 0.243 e. The number of pyridine rings is 1. The molecule has 1 saturated carbocycles. The van der Waals surface area contributed by atoms with Crippen LogP contribution in [-0.2, 0) is 19.8 Å². The van der Waals surface area contributed by atoms with Crippen LogP contribution in [0.2, 0.25) is 0 Å². The zero-order valence-corrected chi connectivity index (χ0v) is 36.8. The molecule has 11 nitrogen and oxygen atoms in total. The van der Waals surface area contributed by atoms with E-state index in [1.54, 1.807) is 19.3 Å². The number of aromatic nitrogens is 2. The van der Waals surface area contributed by atoms with E-state index in [4.69, 9.17) is 16.2 Å². The lowest BCUT2D eigenvalue weighted by Crippen LogP contribution is -2.53. The van der Waals surface area contributed by atoms with Crippen LogP contribution in [0, 0.1) is 5.92 Å². The molecule has 0 spiro atoms. The Balaban J connectivity index is 0.000000277. The number of likely N-dealkylation sites (tertiary alicyclic amines) is 1. The van der Waals surface area contributed by atoms with E-state index in [0.717, 1.165) is 79.4 Å². The molecule has 13 heteroatoms. The van der Waals surface area contributed by atoms with Crippen LogP contribution in [0.25, 0.3) is 28.2 Å². The fourth-order valence-electron chi connectivity index (χ4n) is 6.45. The predicted octanol–water partition coefficient (Wildman–Crippen LogP) is 7.95. The number of aromatic amines is 1. The van der Waals surface area contributed by atoms with E-state index in [-0.39, 0.29) is 28.7 Å². The molecular formula is C45H62N6O5S2. The van der Waals surface area contributed by atoms with Crippen LogP contribution in [0.3, 0.4) is 0 Å². The number of likely N-dealkylation sites (N-methyl/N-ethyl adjacent to an activating group) is 1. The molecular weight excluding hydrogens is 769 g/mol. The molecule has 6 rings (SSSR count). The summed E-state index contributed by atoms with van der Waals surface area (Å²) in [5.74, 6) is 0.139. The summed E-state index contributed by atoms with van der Waals surface area (Å²) >= 11 is 5.42. The number of rotatable bonds is 13. The van der Waals surface area contributed by atoms with Gasteiger partial charge in [0.2, 0.25) is 11.8 Å². The fourth-order valence-corrected chi connectivity index (χ4v) is 7.21. The van der Waals surface area contributed by atoms with Gasteiger partial charge >= 0.3 is 0 Å². The van der Waals surface area contributed by atoms with E-state index >= 15 is 0 Å². The summed E-state index contributed by atoms with van der Waals surface area (Å²) in [5.41, 5.74) is 14.5. The maximum atomic E-state index is 12.8. The topological polar surface area (TPSA) is 174 Å². The summed E-state index contributed by atoms with van der Waals surface area (Å²) < 4.78 is 5.61.